The van der Waals surface area contributed by atoms with Crippen molar-refractivity contribution in [3.05, 3.63) is 80.6 Å². The summed E-state index contributed by atoms with van der Waals surface area (Å²) in [5.74, 6) is -0.350. The summed E-state index contributed by atoms with van der Waals surface area (Å²) in [5, 5.41) is 2.12. The molecule has 0 N–H and O–H groups in total. The van der Waals surface area contributed by atoms with Gasteiger partial charge in [0.15, 0.2) is 5.78 Å². The maximum absolute atomic E-state index is 12.3. The Morgan fingerprint density at radius 1 is 1.04 bits per heavy atom. The van der Waals surface area contributed by atoms with Crippen molar-refractivity contribution in [1.29, 1.82) is 0 Å². The fraction of sp³-hybridized carbons (Fsp3) is 0.167. The number of carbonyl (C=O) groups excluding carboxylic acids is 1. The van der Waals surface area contributed by atoms with E-state index < -0.39 is 11.2 Å². The van der Waals surface area contributed by atoms with Crippen molar-refractivity contribution >= 4 is 16.6 Å². The van der Waals surface area contributed by atoms with Crippen LogP contribution in [0.3, 0.4) is 0 Å². The van der Waals surface area contributed by atoms with Crippen molar-refractivity contribution in [2.45, 2.75) is 13.5 Å². The number of hydrogen-bond acceptors (Lipinski definition) is 3. The molecule has 0 unspecified atom stereocenters. The summed E-state index contributed by atoms with van der Waals surface area (Å²) < 4.78 is 2.38. The van der Waals surface area contributed by atoms with E-state index in [1.165, 1.54) is 24.7 Å². The van der Waals surface area contributed by atoms with Gasteiger partial charge in [-0.2, -0.15) is 0 Å². The zero-order valence-corrected chi connectivity index (χ0v) is 12.9. The van der Waals surface area contributed by atoms with Crippen LogP contribution in [-0.2, 0) is 13.6 Å². The van der Waals surface area contributed by atoms with Crippen LogP contribution < -0.4 is 11.2 Å². The van der Waals surface area contributed by atoms with Crippen molar-refractivity contribution in [2.24, 2.45) is 7.05 Å². The van der Waals surface area contributed by atoms with Crippen LogP contribution in [0.15, 0.2) is 58.3 Å². The highest BCUT2D eigenvalue weighted by molar-refractivity contribution is 5.93. The SMILES string of the molecule is CC(=O)c1cn(Cc2cccc3ccccc23)c(=O)n(C)c1=O. The summed E-state index contributed by atoms with van der Waals surface area (Å²) in [7, 11) is 1.39. The third-order valence-corrected chi connectivity index (χ3v) is 3.95. The van der Waals surface area contributed by atoms with E-state index in [0.29, 0.717) is 6.54 Å². The van der Waals surface area contributed by atoms with E-state index in [1.54, 1.807) is 0 Å². The fourth-order valence-electron chi connectivity index (χ4n) is 2.70. The lowest BCUT2D eigenvalue weighted by atomic mass is 10.0. The summed E-state index contributed by atoms with van der Waals surface area (Å²) >= 11 is 0. The number of carbonyl (C=O) groups is 1. The van der Waals surface area contributed by atoms with E-state index >= 15 is 0 Å². The number of nitrogens with zero attached hydrogens (tertiary/aromatic N) is 2. The number of fused-ring (bicyclic) bond motifs is 1. The second-order valence-electron chi connectivity index (χ2n) is 5.51. The van der Waals surface area contributed by atoms with Crippen LogP contribution in [0.4, 0.5) is 0 Å². The molecule has 5 nitrogen and oxygen atoms in total. The topological polar surface area (TPSA) is 61.1 Å². The van der Waals surface area contributed by atoms with E-state index in [1.807, 2.05) is 42.5 Å². The summed E-state index contributed by atoms with van der Waals surface area (Å²) in [6.07, 6.45) is 1.36. The molecule has 0 fully saturated rings. The highest BCUT2D eigenvalue weighted by atomic mass is 16.2. The molecule has 2 aromatic carbocycles. The second kappa shape index (κ2) is 5.68. The standard InChI is InChI=1S/C18H16N2O3/c1-12(21)16-11-20(18(23)19(2)17(16)22)10-14-8-5-7-13-6-3-4-9-15(13)14/h3-9,11H,10H2,1-2H3. The average molecular weight is 308 g/mol. The van der Waals surface area contributed by atoms with Crippen LogP contribution >= 0.6 is 0 Å². The Hall–Kier alpha value is -2.95. The Balaban J connectivity index is 2.18. The minimum atomic E-state index is -0.559. The Morgan fingerprint density at radius 3 is 2.48 bits per heavy atom. The van der Waals surface area contributed by atoms with Gasteiger partial charge in [0.05, 0.1) is 12.1 Å². The molecule has 0 atom stereocenters. The van der Waals surface area contributed by atoms with Crippen LogP contribution in [0.25, 0.3) is 10.8 Å². The third kappa shape index (κ3) is 2.61. The first kappa shape index (κ1) is 15.0. The minimum Gasteiger partial charge on any atom is -0.295 e. The van der Waals surface area contributed by atoms with Gasteiger partial charge in [-0.1, -0.05) is 42.5 Å². The first-order valence-electron chi connectivity index (χ1n) is 7.27. The molecule has 116 valence electrons. The van der Waals surface area contributed by atoms with Gasteiger partial charge in [-0.15, -0.1) is 0 Å². The molecular formula is C18H16N2O3. The van der Waals surface area contributed by atoms with Crippen LogP contribution in [0, 0.1) is 0 Å². The number of Topliss-reactive ketones (excluding diaryl/α,β-unsaturated/α-hetero) is 1. The largest absolute Gasteiger partial charge is 0.331 e. The Morgan fingerprint density at radius 2 is 1.74 bits per heavy atom. The Labute approximate surface area is 132 Å². The summed E-state index contributed by atoms with van der Waals surface area (Å²) in [6.45, 7) is 1.62. The number of benzene rings is 2. The molecule has 0 aliphatic rings. The first-order valence-corrected chi connectivity index (χ1v) is 7.27. The quantitative estimate of drug-likeness (QED) is 0.695. The fourth-order valence-corrected chi connectivity index (χ4v) is 2.70. The normalized spacial score (nSPS) is 10.9. The minimum absolute atomic E-state index is 0.0207. The van der Waals surface area contributed by atoms with Crippen molar-refractivity contribution in [3.8, 4) is 0 Å². The second-order valence-corrected chi connectivity index (χ2v) is 5.51. The van der Waals surface area contributed by atoms with Gasteiger partial charge in [-0.3, -0.25) is 18.7 Å². The molecule has 0 aliphatic heterocycles. The molecule has 5 heteroatoms. The van der Waals surface area contributed by atoms with Crippen LogP contribution in [0.2, 0.25) is 0 Å². The van der Waals surface area contributed by atoms with E-state index in [-0.39, 0.29) is 11.3 Å². The van der Waals surface area contributed by atoms with Gasteiger partial charge in [0.1, 0.15) is 0 Å². The van der Waals surface area contributed by atoms with Crippen LogP contribution in [0.1, 0.15) is 22.8 Å². The summed E-state index contributed by atoms with van der Waals surface area (Å²) in [4.78, 5) is 35.9. The summed E-state index contributed by atoms with van der Waals surface area (Å²) in [5.41, 5.74) is -0.0182. The molecule has 0 bridgehead atoms. The lowest BCUT2D eigenvalue weighted by molar-refractivity contribution is 0.101. The maximum Gasteiger partial charge on any atom is 0.331 e. The molecule has 23 heavy (non-hydrogen) atoms. The van der Waals surface area contributed by atoms with Gasteiger partial charge < -0.3 is 0 Å². The maximum atomic E-state index is 12.3. The zero-order chi connectivity index (χ0) is 16.6. The first-order chi connectivity index (χ1) is 11.0. The molecule has 0 spiro atoms. The van der Waals surface area contributed by atoms with Crippen molar-refractivity contribution in [3.63, 3.8) is 0 Å². The molecule has 0 amide bonds. The third-order valence-electron chi connectivity index (χ3n) is 3.95. The predicted molar refractivity (Wildman–Crippen MR) is 89.0 cm³/mol. The summed E-state index contributed by atoms with van der Waals surface area (Å²) in [6, 6.07) is 13.8. The number of ketones is 1. The number of hydrogen-bond donors (Lipinski definition) is 0. The highest BCUT2D eigenvalue weighted by Gasteiger charge is 2.13. The molecular weight excluding hydrogens is 292 g/mol. The molecule has 0 radical (unpaired) electrons. The lowest BCUT2D eigenvalue weighted by Gasteiger charge is -2.11. The lowest BCUT2D eigenvalue weighted by Crippen LogP contribution is -2.40. The number of aromatic nitrogens is 2. The van der Waals surface area contributed by atoms with Gasteiger partial charge in [-0.25, -0.2) is 4.79 Å². The van der Waals surface area contributed by atoms with Crippen molar-refractivity contribution < 1.29 is 4.79 Å². The Bertz CT molecular complexity index is 1020. The Kier molecular flexibility index (Phi) is 3.70. The van der Waals surface area contributed by atoms with Crippen molar-refractivity contribution in [1.82, 2.24) is 9.13 Å². The van der Waals surface area contributed by atoms with E-state index in [2.05, 4.69) is 0 Å². The molecule has 3 aromatic rings. The van der Waals surface area contributed by atoms with Gasteiger partial charge in [0, 0.05) is 13.2 Å². The van der Waals surface area contributed by atoms with E-state index in [4.69, 9.17) is 0 Å². The van der Waals surface area contributed by atoms with Gasteiger partial charge >= 0.3 is 5.69 Å². The zero-order valence-electron chi connectivity index (χ0n) is 12.9. The van der Waals surface area contributed by atoms with Crippen molar-refractivity contribution in [2.75, 3.05) is 0 Å². The predicted octanol–water partition coefficient (Wildman–Crippen LogP) is 1.95. The van der Waals surface area contributed by atoms with Crippen LogP contribution in [0.5, 0.6) is 0 Å². The average Bonchev–Trinajstić information content (AvgIpc) is 2.55. The number of rotatable bonds is 3. The van der Waals surface area contributed by atoms with E-state index in [0.717, 1.165) is 20.9 Å². The molecule has 0 saturated carbocycles. The molecule has 1 heterocycles. The molecule has 0 saturated heterocycles. The molecule has 1 aromatic heterocycles. The highest BCUT2D eigenvalue weighted by Crippen LogP contribution is 2.18. The molecule has 0 aliphatic carbocycles. The smallest absolute Gasteiger partial charge is 0.295 e. The van der Waals surface area contributed by atoms with E-state index in [9.17, 15) is 14.4 Å². The van der Waals surface area contributed by atoms with Gasteiger partial charge in [0.25, 0.3) is 5.56 Å². The van der Waals surface area contributed by atoms with Gasteiger partial charge in [-0.05, 0) is 23.3 Å². The molecule has 3 rings (SSSR count). The van der Waals surface area contributed by atoms with Gasteiger partial charge in [0.2, 0.25) is 0 Å². The monoisotopic (exact) mass is 308 g/mol. The van der Waals surface area contributed by atoms with Crippen LogP contribution in [-0.4, -0.2) is 14.9 Å².